The molecule has 0 aliphatic carbocycles. The van der Waals surface area contributed by atoms with Gasteiger partial charge in [-0.2, -0.15) is 4.31 Å². The Labute approximate surface area is 142 Å². The number of carbonyl (C=O) groups is 2. The van der Waals surface area contributed by atoms with Gasteiger partial charge < -0.3 is 10.6 Å². The molecule has 1 saturated heterocycles. The number of rotatable bonds is 7. The van der Waals surface area contributed by atoms with E-state index in [0.717, 1.165) is 23.6 Å². The van der Waals surface area contributed by atoms with Crippen molar-refractivity contribution in [1.82, 2.24) is 14.9 Å². The molecule has 7 nitrogen and oxygen atoms in total. The highest BCUT2D eigenvalue weighted by molar-refractivity contribution is 7.89. The van der Waals surface area contributed by atoms with E-state index in [4.69, 9.17) is 0 Å². The summed E-state index contributed by atoms with van der Waals surface area (Å²) in [5.41, 5.74) is 0.418. The van der Waals surface area contributed by atoms with E-state index < -0.39 is 10.0 Å². The second-order valence-electron chi connectivity index (χ2n) is 5.68. The topological polar surface area (TPSA) is 95.6 Å². The number of unbranched alkanes of at least 4 members (excludes halogenated alkanes) is 2. The number of hydrogen-bond donors (Lipinski definition) is 2. The highest BCUT2D eigenvalue weighted by Gasteiger charge is 2.29. The van der Waals surface area contributed by atoms with E-state index in [9.17, 15) is 18.0 Å². The van der Waals surface area contributed by atoms with Crippen molar-refractivity contribution < 1.29 is 18.0 Å². The summed E-state index contributed by atoms with van der Waals surface area (Å²) in [4.78, 5) is 23.4. The molecule has 0 unspecified atom stereocenters. The van der Waals surface area contributed by atoms with Gasteiger partial charge in [-0.05, 0) is 30.7 Å². The number of carbonyl (C=O) groups excluding carboxylic acids is 2. The first-order valence-corrected chi connectivity index (χ1v) is 9.54. The summed E-state index contributed by atoms with van der Waals surface area (Å²) in [7, 11) is -3.72. The minimum Gasteiger partial charge on any atom is -0.354 e. The third-order valence-electron chi connectivity index (χ3n) is 3.82. The maximum Gasteiger partial charge on any atom is 0.251 e. The van der Waals surface area contributed by atoms with E-state index >= 15 is 0 Å². The lowest BCUT2D eigenvalue weighted by molar-refractivity contribution is -0.122. The van der Waals surface area contributed by atoms with Gasteiger partial charge in [-0.1, -0.05) is 19.8 Å². The van der Waals surface area contributed by atoms with E-state index in [0.29, 0.717) is 18.7 Å². The molecule has 2 amide bonds. The van der Waals surface area contributed by atoms with Crippen molar-refractivity contribution in [2.24, 2.45) is 0 Å². The molecule has 0 bridgehead atoms. The van der Waals surface area contributed by atoms with Gasteiger partial charge in [0.2, 0.25) is 15.9 Å². The van der Waals surface area contributed by atoms with E-state index in [2.05, 4.69) is 17.6 Å². The summed E-state index contributed by atoms with van der Waals surface area (Å²) < 4.78 is 26.2. The molecular weight excluding hydrogens is 330 g/mol. The predicted molar refractivity (Wildman–Crippen MR) is 90.1 cm³/mol. The highest BCUT2D eigenvalue weighted by atomic mass is 32.2. The molecule has 2 N–H and O–H groups in total. The third kappa shape index (κ3) is 4.55. The zero-order valence-corrected chi connectivity index (χ0v) is 14.6. The first-order chi connectivity index (χ1) is 11.4. The first kappa shape index (κ1) is 18.4. The molecule has 1 fully saturated rings. The van der Waals surface area contributed by atoms with Crippen LogP contribution >= 0.6 is 0 Å². The molecule has 24 heavy (non-hydrogen) atoms. The van der Waals surface area contributed by atoms with Crippen LogP contribution in [0.5, 0.6) is 0 Å². The quantitative estimate of drug-likeness (QED) is 0.706. The van der Waals surface area contributed by atoms with Crippen LogP contribution in [0.3, 0.4) is 0 Å². The van der Waals surface area contributed by atoms with Crippen LogP contribution in [0.1, 0.15) is 36.5 Å². The minimum atomic E-state index is -3.72. The Bertz CT molecular complexity index is 686. The molecular formula is C16H23N3O4S. The van der Waals surface area contributed by atoms with Gasteiger partial charge in [0.1, 0.15) is 0 Å². The fraction of sp³-hybridized carbons (Fsp3) is 0.500. The van der Waals surface area contributed by atoms with Gasteiger partial charge in [-0.25, -0.2) is 8.42 Å². The lowest BCUT2D eigenvalue weighted by Gasteiger charge is -2.25. The van der Waals surface area contributed by atoms with Gasteiger partial charge in [-0.15, -0.1) is 0 Å². The summed E-state index contributed by atoms with van der Waals surface area (Å²) in [6.07, 6.45) is 3.06. The first-order valence-electron chi connectivity index (χ1n) is 8.10. The monoisotopic (exact) mass is 353 g/mol. The molecule has 1 aromatic carbocycles. The summed E-state index contributed by atoms with van der Waals surface area (Å²) in [5, 5.41) is 5.40. The molecule has 0 atom stereocenters. The Morgan fingerprint density at radius 2 is 1.96 bits per heavy atom. The Kier molecular flexibility index (Phi) is 6.33. The van der Waals surface area contributed by atoms with Crippen molar-refractivity contribution in [2.45, 2.75) is 31.1 Å². The van der Waals surface area contributed by atoms with E-state index in [1.54, 1.807) is 0 Å². The molecule has 1 aromatic rings. The lowest BCUT2D eigenvalue weighted by Crippen LogP contribution is -2.49. The average Bonchev–Trinajstić information content (AvgIpc) is 2.58. The third-order valence-corrected chi connectivity index (χ3v) is 5.68. The van der Waals surface area contributed by atoms with Gasteiger partial charge in [-0.3, -0.25) is 9.59 Å². The maximum absolute atomic E-state index is 12.5. The Morgan fingerprint density at radius 1 is 1.25 bits per heavy atom. The van der Waals surface area contributed by atoms with E-state index in [-0.39, 0.29) is 29.8 Å². The molecule has 1 heterocycles. The summed E-state index contributed by atoms with van der Waals surface area (Å²) in [6.45, 7) is 3.06. The molecule has 0 saturated carbocycles. The lowest BCUT2D eigenvalue weighted by atomic mass is 10.2. The standard InChI is InChI=1S/C16H23N3O4S/c1-2-3-4-9-18-16(21)13-5-7-14(8-6-13)24(22,23)19-11-10-17-15(20)12-19/h5-8H,2-4,9-12H2,1H3,(H,17,20)(H,18,21). The average molecular weight is 353 g/mol. The number of sulfonamides is 1. The Balaban J connectivity index is 2.02. The van der Waals surface area contributed by atoms with Crippen LogP contribution in [0.25, 0.3) is 0 Å². The van der Waals surface area contributed by atoms with Gasteiger partial charge in [0.05, 0.1) is 11.4 Å². The number of hydrogen-bond acceptors (Lipinski definition) is 4. The second kappa shape index (κ2) is 8.25. The van der Waals surface area contributed by atoms with E-state index in [1.165, 1.54) is 24.3 Å². The zero-order chi connectivity index (χ0) is 17.6. The fourth-order valence-corrected chi connectivity index (χ4v) is 3.82. The van der Waals surface area contributed by atoms with Gasteiger partial charge in [0.15, 0.2) is 0 Å². The van der Waals surface area contributed by atoms with E-state index in [1.807, 2.05) is 0 Å². The molecule has 0 aromatic heterocycles. The van der Waals surface area contributed by atoms with Crippen LogP contribution in [-0.4, -0.2) is 50.7 Å². The van der Waals surface area contributed by atoms with Crippen molar-refractivity contribution in [3.63, 3.8) is 0 Å². The molecule has 2 rings (SSSR count). The summed E-state index contributed by atoms with van der Waals surface area (Å²) >= 11 is 0. The molecule has 8 heteroatoms. The number of nitrogens with zero attached hydrogens (tertiary/aromatic N) is 1. The van der Waals surface area contributed by atoms with Crippen LogP contribution in [0, 0.1) is 0 Å². The van der Waals surface area contributed by atoms with Crippen LogP contribution in [0.4, 0.5) is 0 Å². The van der Waals surface area contributed by atoms with Crippen molar-refractivity contribution in [2.75, 3.05) is 26.2 Å². The smallest absolute Gasteiger partial charge is 0.251 e. The van der Waals surface area contributed by atoms with Gasteiger partial charge in [0, 0.05) is 25.2 Å². The summed E-state index contributed by atoms with van der Waals surface area (Å²) in [6, 6.07) is 5.80. The van der Waals surface area contributed by atoms with Crippen LogP contribution < -0.4 is 10.6 Å². The number of piperazine rings is 1. The number of benzene rings is 1. The number of amides is 2. The van der Waals surface area contributed by atoms with Crippen LogP contribution in [0.2, 0.25) is 0 Å². The van der Waals surface area contributed by atoms with Crippen molar-refractivity contribution in [1.29, 1.82) is 0 Å². The second-order valence-corrected chi connectivity index (χ2v) is 7.61. The Hall–Kier alpha value is -1.93. The van der Waals surface area contributed by atoms with Gasteiger partial charge >= 0.3 is 0 Å². The number of nitrogens with one attached hydrogen (secondary N) is 2. The molecule has 0 radical (unpaired) electrons. The zero-order valence-electron chi connectivity index (χ0n) is 13.7. The van der Waals surface area contributed by atoms with Gasteiger partial charge in [0.25, 0.3) is 5.91 Å². The largest absolute Gasteiger partial charge is 0.354 e. The highest BCUT2D eigenvalue weighted by Crippen LogP contribution is 2.17. The fourth-order valence-electron chi connectivity index (χ4n) is 2.43. The molecule has 1 aliphatic heterocycles. The predicted octanol–water partition coefficient (Wildman–Crippen LogP) is 0.727. The molecule has 1 aliphatic rings. The van der Waals surface area contributed by atoms with Crippen molar-refractivity contribution in [3.8, 4) is 0 Å². The maximum atomic E-state index is 12.5. The van der Waals surface area contributed by atoms with Crippen LogP contribution in [0.15, 0.2) is 29.2 Å². The molecule has 132 valence electrons. The molecule has 0 spiro atoms. The van der Waals surface area contributed by atoms with Crippen molar-refractivity contribution >= 4 is 21.8 Å². The van der Waals surface area contributed by atoms with Crippen LogP contribution in [-0.2, 0) is 14.8 Å². The SMILES string of the molecule is CCCCCNC(=O)c1ccc(S(=O)(=O)N2CCNC(=O)C2)cc1. The minimum absolute atomic E-state index is 0.0831. The van der Waals surface area contributed by atoms with Crippen molar-refractivity contribution in [3.05, 3.63) is 29.8 Å². The summed E-state index contributed by atoms with van der Waals surface area (Å²) in [5.74, 6) is -0.527. The Morgan fingerprint density at radius 3 is 2.58 bits per heavy atom. The normalized spacial score (nSPS) is 15.8.